The van der Waals surface area contributed by atoms with Crippen molar-refractivity contribution in [2.75, 3.05) is 20.3 Å². The van der Waals surface area contributed by atoms with Gasteiger partial charge in [0.2, 0.25) is 0 Å². The molecule has 0 bridgehead atoms. The standard InChI is InChI=1S/C23H23BrN2O6/c1-4-31-19-11-16(10-18-22(28)26(23(29)25-18)12-20(27)30-3)9-17(24)21(19)32-13-15-7-5-14(2)6-8-15/h5-11H,4,12-13H2,1-3H3,(H,25,29)/b18-10+. The molecule has 3 rings (SSSR count). The number of hydrogen-bond donors (Lipinski definition) is 1. The average Bonchev–Trinajstić information content (AvgIpc) is 3.01. The number of aryl methyl sites for hydroxylation is 1. The van der Waals surface area contributed by atoms with E-state index in [0.717, 1.165) is 10.5 Å². The van der Waals surface area contributed by atoms with Crippen LogP contribution in [0.4, 0.5) is 4.79 Å². The Kier molecular flexibility index (Phi) is 7.53. The number of rotatable bonds is 8. The molecule has 1 N–H and O–H groups in total. The van der Waals surface area contributed by atoms with Crippen LogP contribution in [0.3, 0.4) is 0 Å². The second-order valence-corrected chi connectivity index (χ2v) is 7.85. The fourth-order valence-corrected chi connectivity index (χ4v) is 3.56. The second-order valence-electron chi connectivity index (χ2n) is 6.99. The lowest BCUT2D eigenvalue weighted by molar-refractivity contribution is -0.143. The zero-order valence-electron chi connectivity index (χ0n) is 17.9. The zero-order valence-corrected chi connectivity index (χ0v) is 19.5. The summed E-state index contributed by atoms with van der Waals surface area (Å²) >= 11 is 3.51. The molecule has 1 saturated heterocycles. The molecule has 0 aliphatic carbocycles. The van der Waals surface area contributed by atoms with Gasteiger partial charge in [0.15, 0.2) is 11.5 Å². The van der Waals surface area contributed by atoms with E-state index in [-0.39, 0.29) is 5.70 Å². The summed E-state index contributed by atoms with van der Waals surface area (Å²) < 4.78 is 16.9. The monoisotopic (exact) mass is 502 g/mol. The highest BCUT2D eigenvalue weighted by Gasteiger charge is 2.35. The van der Waals surface area contributed by atoms with Gasteiger partial charge in [0.05, 0.1) is 18.2 Å². The van der Waals surface area contributed by atoms with Crippen LogP contribution in [0.15, 0.2) is 46.6 Å². The van der Waals surface area contributed by atoms with Crippen LogP contribution in [0.25, 0.3) is 6.08 Å². The molecular formula is C23H23BrN2O6. The van der Waals surface area contributed by atoms with Crippen molar-refractivity contribution in [2.24, 2.45) is 0 Å². The molecule has 1 heterocycles. The molecule has 0 unspecified atom stereocenters. The van der Waals surface area contributed by atoms with Crippen molar-refractivity contribution >= 4 is 39.9 Å². The molecule has 0 spiro atoms. The summed E-state index contributed by atoms with van der Waals surface area (Å²) in [6.07, 6.45) is 1.51. The van der Waals surface area contributed by atoms with E-state index in [1.165, 1.54) is 18.7 Å². The van der Waals surface area contributed by atoms with E-state index < -0.39 is 24.5 Å². The van der Waals surface area contributed by atoms with Crippen LogP contribution in [-0.4, -0.2) is 43.1 Å². The molecule has 168 valence electrons. The number of methoxy groups -OCH3 is 1. The summed E-state index contributed by atoms with van der Waals surface area (Å²) in [6.45, 7) is 4.19. The van der Waals surface area contributed by atoms with Crippen molar-refractivity contribution in [2.45, 2.75) is 20.5 Å². The van der Waals surface area contributed by atoms with Crippen LogP contribution in [-0.2, 0) is 20.9 Å². The van der Waals surface area contributed by atoms with Gasteiger partial charge < -0.3 is 19.5 Å². The first-order chi connectivity index (χ1) is 15.3. The van der Waals surface area contributed by atoms with Gasteiger partial charge in [0, 0.05) is 0 Å². The van der Waals surface area contributed by atoms with Crippen molar-refractivity contribution in [3.63, 3.8) is 0 Å². The number of amides is 3. The van der Waals surface area contributed by atoms with Crippen LogP contribution in [0.1, 0.15) is 23.6 Å². The second kappa shape index (κ2) is 10.3. The van der Waals surface area contributed by atoms with Gasteiger partial charge in [0.25, 0.3) is 5.91 Å². The lowest BCUT2D eigenvalue weighted by atomic mass is 10.1. The van der Waals surface area contributed by atoms with E-state index >= 15 is 0 Å². The van der Waals surface area contributed by atoms with Gasteiger partial charge in [-0.2, -0.15) is 0 Å². The summed E-state index contributed by atoms with van der Waals surface area (Å²) in [4.78, 5) is 36.8. The molecule has 32 heavy (non-hydrogen) atoms. The van der Waals surface area contributed by atoms with Crippen LogP contribution >= 0.6 is 15.9 Å². The molecule has 8 nitrogen and oxygen atoms in total. The molecule has 0 radical (unpaired) electrons. The smallest absolute Gasteiger partial charge is 0.329 e. The Morgan fingerprint density at radius 3 is 2.53 bits per heavy atom. The van der Waals surface area contributed by atoms with E-state index in [2.05, 4.69) is 26.0 Å². The van der Waals surface area contributed by atoms with E-state index in [9.17, 15) is 14.4 Å². The molecular weight excluding hydrogens is 480 g/mol. The van der Waals surface area contributed by atoms with Crippen molar-refractivity contribution in [3.8, 4) is 11.5 Å². The maximum absolute atomic E-state index is 12.5. The van der Waals surface area contributed by atoms with Crippen LogP contribution in [0, 0.1) is 6.92 Å². The lowest BCUT2D eigenvalue weighted by Crippen LogP contribution is -2.36. The first-order valence-corrected chi connectivity index (χ1v) is 10.7. The van der Waals surface area contributed by atoms with Crippen LogP contribution < -0.4 is 14.8 Å². The number of nitrogens with one attached hydrogen (secondary N) is 1. The molecule has 0 atom stereocenters. The van der Waals surface area contributed by atoms with E-state index in [1.807, 2.05) is 38.1 Å². The van der Waals surface area contributed by atoms with Gasteiger partial charge in [-0.05, 0) is 59.1 Å². The van der Waals surface area contributed by atoms with E-state index in [4.69, 9.17) is 9.47 Å². The Labute approximate surface area is 194 Å². The number of halogens is 1. The maximum atomic E-state index is 12.5. The third kappa shape index (κ3) is 5.47. The Morgan fingerprint density at radius 1 is 1.16 bits per heavy atom. The highest BCUT2D eigenvalue weighted by molar-refractivity contribution is 9.10. The van der Waals surface area contributed by atoms with Gasteiger partial charge in [-0.15, -0.1) is 0 Å². The van der Waals surface area contributed by atoms with Gasteiger partial charge in [-0.25, -0.2) is 9.69 Å². The minimum atomic E-state index is -0.689. The molecule has 1 fully saturated rings. The maximum Gasteiger partial charge on any atom is 0.329 e. The number of imide groups is 1. The molecule has 0 saturated carbocycles. The molecule has 0 aromatic heterocycles. The first-order valence-electron chi connectivity index (χ1n) is 9.88. The molecule has 3 amide bonds. The number of carbonyl (C=O) groups excluding carboxylic acids is 3. The van der Waals surface area contributed by atoms with Gasteiger partial charge in [-0.1, -0.05) is 29.8 Å². The fraction of sp³-hybridized carbons (Fsp3) is 0.261. The third-order valence-corrected chi connectivity index (χ3v) is 5.21. The number of esters is 1. The Bertz CT molecular complexity index is 1060. The first kappa shape index (κ1) is 23.3. The van der Waals surface area contributed by atoms with E-state index in [1.54, 1.807) is 12.1 Å². The Morgan fingerprint density at radius 2 is 1.88 bits per heavy atom. The molecule has 2 aromatic rings. The lowest BCUT2D eigenvalue weighted by Gasteiger charge is -2.15. The Hall–Kier alpha value is -3.33. The molecule has 1 aliphatic heterocycles. The number of benzene rings is 2. The third-order valence-electron chi connectivity index (χ3n) is 4.62. The predicted octanol–water partition coefficient (Wildman–Crippen LogP) is 3.80. The fourth-order valence-electron chi connectivity index (χ4n) is 2.99. The van der Waals surface area contributed by atoms with Gasteiger partial charge in [-0.3, -0.25) is 9.59 Å². The molecule has 2 aromatic carbocycles. The summed E-state index contributed by atoms with van der Waals surface area (Å²) in [5.41, 5.74) is 2.83. The molecule has 9 heteroatoms. The van der Waals surface area contributed by atoms with Gasteiger partial charge in [0.1, 0.15) is 18.8 Å². The minimum absolute atomic E-state index is 0.0431. The van der Waals surface area contributed by atoms with Gasteiger partial charge >= 0.3 is 12.0 Å². The van der Waals surface area contributed by atoms with Crippen LogP contribution in [0.2, 0.25) is 0 Å². The Balaban J connectivity index is 1.83. The topological polar surface area (TPSA) is 94.2 Å². The number of urea groups is 1. The largest absolute Gasteiger partial charge is 0.490 e. The summed E-state index contributed by atoms with van der Waals surface area (Å²) in [7, 11) is 1.19. The average molecular weight is 503 g/mol. The quantitative estimate of drug-likeness (QED) is 0.335. The van der Waals surface area contributed by atoms with Crippen molar-refractivity contribution in [1.29, 1.82) is 0 Å². The van der Waals surface area contributed by atoms with Crippen molar-refractivity contribution in [3.05, 3.63) is 63.3 Å². The van der Waals surface area contributed by atoms with E-state index in [0.29, 0.717) is 34.7 Å². The number of carbonyl (C=O) groups is 3. The summed E-state index contributed by atoms with van der Waals surface area (Å²) in [6, 6.07) is 10.8. The number of hydrogen-bond acceptors (Lipinski definition) is 6. The number of nitrogens with zero attached hydrogens (tertiary/aromatic N) is 1. The van der Waals surface area contributed by atoms with Crippen LogP contribution in [0.5, 0.6) is 11.5 Å². The normalized spacial score (nSPS) is 14.5. The summed E-state index contributed by atoms with van der Waals surface area (Å²) in [5.74, 6) is -0.284. The zero-order chi connectivity index (χ0) is 23.3. The number of ether oxygens (including phenoxy) is 3. The molecule has 1 aliphatic rings. The summed E-state index contributed by atoms with van der Waals surface area (Å²) in [5, 5.41) is 2.47. The minimum Gasteiger partial charge on any atom is -0.490 e. The van der Waals surface area contributed by atoms with Crippen molar-refractivity contribution in [1.82, 2.24) is 10.2 Å². The predicted molar refractivity (Wildman–Crippen MR) is 121 cm³/mol. The SMILES string of the molecule is CCOc1cc(/C=C2/NC(=O)N(CC(=O)OC)C2=O)cc(Br)c1OCc1ccc(C)cc1. The van der Waals surface area contributed by atoms with Crippen molar-refractivity contribution < 1.29 is 28.6 Å². The highest BCUT2D eigenvalue weighted by Crippen LogP contribution is 2.38. The highest BCUT2D eigenvalue weighted by atomic mass is 79.9.